The van der Waals surface area contributed by atoms with Gasteiger partial charge in [0.25, 0.3) is 5.91 Å². The van der Waals surface area contributed by atoms with E-state index < -0.39 is 23.3 Å². The number of nitrogens with one attached hydrogen (secondary N) is 1. The first-order chi connectivity index (χ1) is 15.1. The molecular weight excluding hydrogens is 414 g/mol. The summed E-state index contributed by atoms with van der Waals surface area (Å²) in [5.41, 5.74) is 6.90. The highest BCUT2D eigenvalue weighted by atomic mass is 19.1. The Hall–Kier alpha value is -3.29. The largest absolute Gasteiger partial charge is 0.369 e. The van der Waals surface area contributed by atoms with Crippen molar-refractivity contribution in [2.45, 2.75) is 51.2 Å². The molecule has 1 aliphatic heterocycles. The Morgan fingerprint density at radius 3 is 2.53 bits per heavy atom. The van der Waals surface area contributed by atoms with E-state index in [9.17, 15) is 18.4 Å². The molecule has 1 aliphatic carbocycles. The second kappa shape index (κ2) is 8.33. The van der Waals surface area contributed by atoms with Gasteiger partial charge < -0.3 is 11.1 Å². The molecule has 1 saturated carbocycles. The van der Waals surface area contributed by atoms with E-state index in [1.165, 1.54) is 29.2 Å². The lowest BCUT2D eigenvalue weighted by molar-refractivity contribution is -0.130. The number of carbonyl (C=O) groups excluding carboxylic acids is 2. The van der Waals surface area contributed by atoms with Gasteiger partial charge in [0.1, 0.15) is 11.6 Å². The Bertz CT molecular complexity index is 1080. The molecule has 4 rings (SSSR count). The number of guanidine groups is 1. The summed E-state index contributed by atoms with van der Waals surface area (Å²) in [6, 6.07) is 9.33. The summed E-state index contributed by atoms with van der Waals surface area (Å²) in [5.74, 6) is -1.10. The van der Waals surface area contributed by atoms with E-state index in [1.54, 1.807) is 19.1 Å². The van der Waals surface area contributed by atoms with Crippen LogP contribution >= 0.6 is 0 Å². The molecule has 8 heteroatoms. The first-order valence-electron chi connectivity index (χ1n) is 10.7. The maximum absolute atomic E-state index is 14.3. The summed E-state index contributed by atoms with van der Waals surface area (Å²) in [6.45, 7) is 3.73. The van der Waals surface area contributed by atoms with E-state index in [0.717, 1.165) is 24.5 Å². The average molecular weight is 440 g/mol. The van der Waals surface area contributed by atoms with Crippen LogP contribution in [0.15, 0.2) is 47.5 Å². The topological polar surface area (TPSA) is 87.8 Å². The Balaban J connectivity index is 1.49. The van der Waals surface area contributed by atoms with Crippen LogP contribution in [0.1, 0.15) is 60.6 Å². The molecule has 2 atom stereocenters. The maximum atomic E-state index is 14.3. The number of benzene rings is 2. The average Bonchev–Trinajstić information content (AvgIpc) is 3.57. The van der Waals surface area contributed by atoms with Crippen LogP contribution in [-0.2, 0) is 11.3 Å². The van der Waals surface area contributed by atoms with E-state index in [2.05, 4.69) is 10.3 Å². The third-order valence-corrected chi connectivity index (χ3v) is 6.19. The number of amides is 2. The fraction of sp³-hybridized carbons (Fsp3) is 0.375. The smallest absolute Gasteiger partial charge is 0.251 e. The Morgan fingerprint density at radius 1 is 1.22 bits per heavy atom. The SMILES string of the molecule is CC(NC(=O)c1cc(F)cc(CN2C(=O)CC(C)(C3CC3)N=C2N)c1)c1ccc(F)cc1. The summed E-state index contributed by atoms with van der Waals surface area (Å²) in [5, 5.41) is 2.78. The molecule has 3 N–H and O–H groups in total. The number of hydrogen-bond donors (Lipinski definition) is 2. The standard InChI is InChI=1S/C24H26F2N4O2/c1-14(16-3-7-19(25)8-4-16)28-22(32)17-9-15(10-20(26)11-17)13-30-21(31)12-24(2,18-5-6-18)29-23(30)27/h3-4,7-11,14,18H,5-6,12-13H2,1-2H3,(H2,27,29)(H,28,32). The van der Waals surface area contributed by atoms with E-state index in [1.807, 2.05) is 6.92 Å². The number of hydrogen-bond acceptors (Lipinski definition) is 4. The van der Waals surface area contributed by atoms with Gasteiger partial charge in [-0.05, 0) is 74.1 Å². The molecule has 1 heterocycles. The Morgan fingerprint density at radius 2 is 1.91 bits per heavy atom. The van der Waals surface area contributed by atoms with Gasteiger partial charge in [-0.25, -0.2) is 13.8 Å². The van der Waals surface area contributed by atoms with Crippen LogP contribution in [0.2, 0.25) is 0 Å². The molecular formula is C24H26F2N4O2. The van der Waals surface area contributed by atoms with E-state index in [-0.39, 0.29) is 36.2 Å². The zero-order chi connectivity index (χ0) is 23.0. The third kappa shape index (κ3) is 4.64. The fourth-order valence-electron chi connectivity index (χ4n) is 4.17. The zero-order valence-electron chi connectivity index (χ0n) is 18.1. The van der Waals surface area contributed by atoms with Crippen LogP contribution in [0.4, 0.5) is 8.78 Å². The van der Waals surface area contributed by atoms with Gasteiger partial charge in [-0.1, -0.05) is 12.1 Å². The van der Waals surface area contributed by atoms with Crippen LogP contribution in [0.5, 0.6) is 0 Å². The van der Waals surface area contributed by atoms with Crippen molar-refractivity contribution in [3.8, 4) is 0 Å². The van der Waals surface area contributed by atoms with Crippen molar-refractivity contribution in [1.29, 1.82) is 0 Å². The summed E-state index contributed by atoms with van der Waals surface area (Å²) in [7, 11) is 0. The molecule has 2 amide bonds. The molecule has 0 radical (unpaired) electrons. The van der Waals surface area contributed by atoms with Crippen LogP contribution in [0, 0.1) is 17.6 Å². The normalized spacial score (nSPS) is 21.8. The zero-order valence-corrected chi connectivity index (χ0v) is 18.1. The molecule has 0 saturated heterocycles. The first-order valence-corrected chi connectivity index (χ1v) is 10.7. The van der Waals surface area contributed by atoms with Crippen molar-refractivity contribution in [1.82, 2.24) is 10.2 Å². The van der Waals surface area contributed by atoms with Gasteiger partial charge in [0, 0.05) is 5.56 Å². The van der Waals surface area contributed by atoms with Gasteiger partial charge in [0.2, 0.25) is 5.91 Å². The molecule has 0 bridgehead atoms. The van der Waals surface area contributed by atoms with E-state index >= 15 is 0 Å². The molecule has 32 heavy (non-hydrogen) atoms. The van der Waals surface area contributed by atoms with Crippen LogP contribution in [0.3, 0.4) is 0 Å². The summed E-state index contributed by atoms with van der Waals surface area (Å²) in [6.07, 6.45) is 2.34. The Kier molecular flexibility index (Phi) is 5.71. The van der Waals surface area contributed by atoms with Crippen LogP contribution < -0.4 is 11.1 Å². The minimum absolute atomic E-state index is 0.0282. The third-order valence-electron chi connectivity index (χ3n) is 6.19. The van der Waals surface area contributed by atoms with Gasteiger partial charge in [-0.2, -0.15) is 0 Å². The highest BCUT2D eigenvalue weighted by molar-refractivity contribution is 5.99. The predicted octanol–water partition coefficient (Wildman–Crippen LogP) is 3.67. The van der Waals surface area contributed by atoms with Gasteiger partial charge in [0.15, 0.2) is 5.96 Å². The lowest BCUT2D eigenvalue weighted by Crippen LogP contribution is -2.50. The summed E-state index contributed by atoms with van der Waals surface area (Å²) < 4.78 is 27.4. The minimum atomic E-state index is -0.593. The van der Waals surface area contributed by atoms with Gasteiger partial charge in [-0.15, -0.1) is 0 Å². The molecule has 1 fully saturated rings. The molecule has 0 aromatic heterocycles. The van der Waals surface area contributed by atoms with Crippen molar-refractivity contribution in [2.24, 2.45) is 16.6 Å². The molecule has 2 unspecified atom stereocenters. The summed E-state index contributed by atoms with van der Waals surface area (Å²) >= 11 is 0. The lowest BCUT2D eigenvalue weighted by Gasteiger charge is -2.35. The van der Waals surface area contributed by atoms with E-state index in [4.69, 9.17) is 5.73 Å². The molecule has 2 aromatic carbocycles. The molecule has 0 spiro atoms. The van der Waals surface area contributed by atoms with Crippen molar-refractivity contribution in [2.75, 3.05) is 0 Å². The van der Waals surface area contributed by atoms with E-state index in [0.29, 0.717) is 11.5 Å². The molecule has 6 nitrogen and oxygen atoms in total. The summed E-state index contributed by atoms with van der Waals surface area (Å²) in [4.78, 5) is 31.4. The fourth-order valence-corrected chi connectivity index (χ4v) is 4.17. The number of rotatable bonds is 6. The van der Waals surface area contributed by atoms with Crippen molar-refractivity contribution in [3.63, 3.8) is 0 Å². The highest BCUT2D eigenvalue weighted by Gasteiger charge is 2.46. The number of halogens is 2. The molecule has 2 aliphatic rings. The van der Waals surface area contributed by atoms with Crippen molar-refractivity contribution < 1.29 is 18.4 Å². The number of carbonyl (C=O) groups is 2. The quantitative estimate of drug-likeness (QED) is 0.719. The lowest BCUT2D eigenvalue weighted by atomic mass is 9.90. The second-order valence-electron chi connectivity index (χ2n) is 8.85. The highest BCUT2D eigenvalue weighted by Crippen LogP contribution is 2.45. The Labute approximate surface area is 185 Å². The maximum Gasteiger partial charge on any atom is 0.251 e. The molecule has 2 aromatic rings. The number of aliphatic imine (C=N–C) groups is 1. The van der Waals surface area contributed by atoms with Crippen molar-refractivity contribution in [3.05, 3.63) is 70.8 Å². The number of nitrogens with zero attached hydrogens (tertiary/aromatic N) is 2. The van der Waals surface area contributed by atoms with Crippen LogP contribution in [0.25, 0.3) is 0 Å². The monoisotopic (exact) mass is 440 g/mol. The van der Waals surface area contributed by atoms with Gasteiger partial charge >= 0.3 is 0 Å². The van der Waals surface area contributed by atoms with Crippen molar-refractivity contribution >= 4 is 17.8 Å². The second-order valence-corrected chi connectivity index (χ2v) is 8.85. The van der Waals surface area contributed by atoms with Gasteiger partial charge in [0.05, 0.1) is 24.5 Å². The minimum Gasteiger partial charge on any atom is -0.369 e. The molecule has 168 valence electrons. The predicted molar refractivity (Wildman–Crippen MR) is 117 cm³/mol. The number of nitrogens with two attached hydrogens (primary N) is 1. The van der Waals surface area contributed by atoms with Crippen LogP contribution in [-0.4, -0.2) is 28.2 Å². The van der Waals surface area contributed by atoms with Gasteiger partial charge in [-0.3, -0.25) is 14.5 Å². The first kappa shape index (κ1) is 21.9.